The topological polar surface area (TPSA) is 0 Å². The zero-order chi connectivity index (χ0) is 14.6. The quantitative estimate of drug-likeness (QED) is 0.561. The van der Waals surface area contributed by atoms with Crippen molar-refractivity contribution in [3.05, 3.63) is 102 Å². The maximum atomic E-state index is 4.03. The highest BCUT2D eigenvalue weighted by atomic mass is 13.9. The predicted octanol–water partition coefficient (Wildman–Crippen LogP) is 5.89. The molecule has 0 amide bonds. The first kappa shape index (κ1) is 15.7. The van der Waals surface area contributed by atoms with Crippen LogP contribution in [0.15, 0.2) is 96.7 Å². The number of allylic oxidation sites excluding steroid dienone is 10. The molecule has 0 aliphatic rings. The van der Waals surface area contributed by atoms with Gasteiger partial charge in [-0.25, -0.2) is 0 Å². The van der Waals surface area contributed by atoms with Gasteiger partial charge in [0, 0.05) is 0 Å². The third-order valence-electron chi connectivity index (χ3n) is 2.70. The largest absolute Gasteiger partial charge is 0.0918 e. The Kier molecular flexibility index (Phi) is 7.52. The van der Waals surface area contributed by atoms with Crippen molar-refractivity contribution in [1.82, 2.24) is 0 Å². The van der Waals surface area contributed by atoms with Crippen molar-refractivity contribution in [3.63, 3.8) is 0 Å². The van der Waals surface area contributed by atoms with E-state index in [1.54, 1.807) is 0 Å². The zero-order valence-corrected chi connectivity index (χ0v) is 12.3. The first-order chi connectivity index (χ1) is 9.76. The van der Waals surface area contributed by atoms with E-state index >= 15 is 0 Å². The molecule has 0 aliphatic carbocycles. The van der Waals surface area contributed by atoms with E-state index in [-0.39, 0.29) is 0 Å². The van der Waals surface area contributed by atoms with Gasteiger partial charge >= 0.3 is 0 Å². The van der Waals surface area contributed by atoms with Crippen molar-refractivity contribution < 1.29 is 0 Å². The lowest BCUT2D eigenvalue weighted by Crippen LogP contribution is -1.73. The lowest BCUT2D eigenvalue weighted by molar-refractivity contribution is 1.58. The second-order valence-corrected chi connectivity index (χ2v) is 4.33. The van der Waals surface area contributed by atoms with E-state index in [9.17, 15) is 0 Å². The molecule has 0 N–H and O–H groups in total. The molecule has 0 unspecified atom stereocenters. The molecular formula is C20H22. The van der Waals surface area contributed by atoms with Crippen LogP contribution in [0.2, 0.25) is 0 Å². The molecule has 0 bridgehead atoms. The van der Waals surface area contributed by atoms with Crippen molar-refractivity contribution in [2.75, 3.05) is 0 Å². The minimum absolute atomic E-state index is 0.979. The van der Waals surface area contributed by atoms with E-state index in [0.29, 0.717) is 0 Å². The summed E-state index contributed by atoms with van der Waals surface area (Å²) in [6.45, 7) is 8.07. The van der Waals surface area contributed by atoms with Crippen LogP contribution in [0.4, 0.5) is 0 Å². The monoisotopic (exact) mass is 262 g/mol. The molecule has 0 fully saturated rings. The van der Waals surface area contributed by atoms with Gasteiger partial charge in [-0.05, 0) is 30.6 Å². The molecule has 0 atom stereocenters. The fourth-order valence-corrected chi connectivity index (χ4v) is 1.55. The summed E-state index contributed by atoms with van der Waals surface area (Å²) in [6.07, 6.45) is 18.4. The van der Waals surface area contributed by atoms with Gasteiger partial charge in [-0.3, -0.25) is 0 Å². The van der Waals surface area contributed by atoms with Crippen LogP contribution in [-0.4, -0.2) is 0 Å². The van der Waals surface area contributed by atoms with Crippen LogP contribution in [0.3, 0.4) is 0 Å². The van der Waals surface area contributed by atoms with E-state index in [4.69, 9.17) is 0 Å². The Morgan fingerprint density at radius 1 is 0.900 bits per heavy atom. The molecule has 0 nitrogen and oxygen atoms in total. The van der Waals surface area contributed by atoms with E-state index in [1.807, 2.05) is 62.4 Å². The Hall–Kier alpha value is -2.34. The van der Waals surface area contributed by atoms with Crippen molar-refractivity contribution in [1.29, 1.82) is 0 Å². The van der Waals surface area contributed by atoms with E-state index < -0.39 is 0 Å². The van der Waals surface area contributed by atoms with Crippen molar-refractivity contribution in [3.8, 4) is 0 Å². The van der Waals surface area contributed by atoms with Crippen LogP contribution >= 0.6 is 0 Å². The third kappa shape index (κ3) is 6.55. The molecule has 20 heavy (non-hydrogen) atoms. The smallest absolute Gasteiger partial charge is 0.0256 e. The van der Waals surface area contributed by atoms with E-state index in [0.717, 1.165) is 11.1 Å². The maximum absolute atomic E-state index is 4.03. The molecule has 0 radical (unpaired) electrons. The summed E-state index contributed by atoms with van der Waals surface area (Å²) < 4.78 is 0. The number of hydrogen-bond donors (Lipinski definition) is 0. The highest BCUT2D eigenvalue weighted by molar-refractivity contribution is 5.54. The lowest BCUT2D eigenvalue weighted by Gasteiger charge is -1.94. The van der Waals surface area contributed by atoms with Gasteiger partial charge in [0.2, 0.25) is 0 Å². The van der Waals surface area contributed by atoms with Crippen LogP contribution in [0.5, 0.6) is 0 Å². The molecule has 102 valence electrons. The second kappa shape index (κ2) is 9.57. The highest BCUT2D eigenvalue weighted by Gasteiger charge is 1.86. The van der Waals surface area contributed by atoms with Crippen LogP contribution in [0.1, 0.15) is 19.4 Å². The van der Waals surface area contributed by atoms with Crippen molar-refractivity contribution in [2.24, 2.45) is 0 Å². The fourth-order valence-electron chi connectivity index (χ4n) is 1.55. The first-order valence-corrected chi connectivity index (χ1v) is 6.82. The van der Waals surface area contributed by atoms with Gasteiger partial charge in [-0.15, -0.1) is 0 Å². The molecule has 1 rings (SSSR count). The molecule has 0 saturated carbocycles. The molecule has 0 heterocycles. The second-order valence-electron chi connectivity index (χ2n) is 4.33. The minimum Gasteiger partial charge on any atom is -0.0918 e. The fraction of sp³-hybridized carbons (Fsp3) is 0.100. The number of rotatable bonds is 6. The molecule has 1 aromatic carbocycles. The average molecular weight is 262 g/mol. The lowest BCUT2D eigenvalue weighted by atomic mass is 10.1. The zero-order valence-electron chi connectivity index (χ0n) is 12.3. The van der Waals surface area contributed by atoms with Gasteiger partial charge in [-0.2, -0.15) is 0 Å². The minimum atomic E-state index is 0.979. The Morgan fingerprint density at radius 2 is 1.65 bits per heavy atom. The summed E-state index contributed by atoms with van der Waals surface area (Å²) in [7, 11) is 0. The summed E-state index contributed by atoms with van der Waals surface area (Å²) in [5.41, 5.74) is 3.33. The highest BCUT2D eigenvalue weighted by Crippen LogP contribution is 2.07. The van der Waals surface area contributed by atoms with Gasteiger partial charge in [0.25, 0.3) is 0 Å². The third-order valence-corrected chi connectivity index (χ3v) is 2.70. The van der Waals surface area contributed by atoms with Gasteiger partial charge in [0.15, 0.2) is 0 Å². The van der Waals surface area contributed by atoms with Crippen molar-refractivity contribution in [2.45, 2.75) is 13.8 Å². The number of hydrogen-bond acceptors (Lipinski definition) is 0. The SMILES string of the molecule is C=C(/C=C/C(/C=C\C=C/C)=C/C)/C=C/c1ccccc1. The van der Waals surface area contributed by atoms with Crippen molar-refractivity contribution >= 4 is 6.08 Å². The van der Waals surface area contributed by atoms with Gasteiger partial charge in [0.1, 0.15) is 0 Å². The van der Waals surface area contributed by atoms with E-state index in [1.165, 1.54) is 5.56 Å². The summed E-state index contributed by atoms with van der Waals surface area (Å²) in [5, 5.41) is 0. The molecule has 0 spiro atoms. The van der Waals surface area contributed by atoms with Crippen LogP contribution < -0.4 is 0 Å². The molecule has 0 heteroatoms. The molecule has 0 aliphatic heterocycles. The first-order valence-electron chi connectivity index (χ1n) is 6.82. The maximum Gasteiger partial charge on any atom is -0.0256 e. The van der Waals surface area contributed by atoms with E-state index in [2.05, 4.69) is 43.0 Å². The van der Waals surface area contributed by atoms with Gasteiger partial charge < -0.3 is 0 Å². The normalized spacial score (nSPS) is 13.2. The summed E-state index contributed by atoms with van der Waals surface area (Å²) in [5.74, 6) is 0. The average Bonchev–Trinajstić information content (AvgIpc) is 2.49. The Morgan fingerprint density at radius 3 is 2.30 bits per heavy atom. The summed E-state index contributed by atoms with van der Waals surface area (Å²) in [4.78, 5) is 0. The predicted molar refractivity (Wildman–Crippen MR) is 91.5 cm³/mol. The van der Waals surface area contributed by atoms with Crippen LogP contribution in [0.25, 0.3) is 6.08 Å². The Bertz CT molecular complexity index is 549. The van der Waals surface area contributed by atoms with Crippen LogP contribution in [0, 0.1) is 0 Å². The van der Waals surface area contributed by atoms with Crippen LogP contribution in [-0.2, 0) is 0 Å². The molecule has 0 aromatic heterocycles. The Labute approximate surface area is 122 Å². The molecule has 1 aromatic rings. The number of benzene rings is 1. The molecule has 0 saturated heterocycles. The van der Waals surface area contributed by atoms with Gasteiger partial charge in [-0.1, -0.05) is 91.6 Å². The molecular weight excluding hydrogens is 240 g/mol. The standard InChI is InChI=1S/C20H22/c1-4-6-8-11-19(5-2)16-14-18(3)15-17-20-12-9-7-10-13-20/h4-17H,3H2,1-2H3/b6-4-,11-8-,16-14+,17-15+,19-5+. The summed E-state index contributed by atoms with van der Waals surface area (Å²) >= 11 is 0. The Balaban J connectivity index is 2.61. The van der Waals surface area contributed by atoms with Gasteiger partial charge in [0.05, 0.1) is 0 Å². The summed E-state index contributed by atoms with van der Waals surface area (Å²) in [6, 6.07) is 10.2.